The number of halogens is 1. The third-order valence-electron chi connectivity index (χ3n) is 2.21. The summed E-state index contributed by atoms with van der Waals surface area (Å²) in [6.45, 7) is 2.65. The van der Waals surface area contributed by atoms with Crippen molar-refractivity contribution in [3.8, 4) is 5.75 Å². The standard InChI is InChI=1S/C12H18FNO3S/c1-2-8-14-18(15,16)10-3-9-17-12-6-4-11(13)5-7-12/h4-7,14H,2-3,8-10H2,1H3. The number of hydrogen-bond donors (Lipinski definition) is 1. The smallest absolute Gasteiger partial charge is 0.211 e. The molecule has 6 heteroatoms. The highest BCUT2D eigenvalue weighted by molar-refractivity contribution is 7.89. The molecule has 0 spiro atoms. The molecule has 0 aliphatic carbocycles. The fourth-order valence-electron chi connectivity index (χ4n) is 1.30. The van der Waals surface area contributed by atoms with E-state index >= 15 is 0 Å². The Balaban J connectivity index is 2.24. The van der Waals surface area contributed by atoms with E-state index in [0.29, 0.717) is 25.3 Å². The minimum atomic E-state index is -3.19. The Hall–Kier alpha value is -1.14. The Kier molecular flexibility index (Phi) is 6.07. The van der Waals surface area contributed by atoms with Crippen LogP contribution in [-0.4, -0.2) is 27.3 Å². The van der Waals surface area contributed by atoms with E-state index in [1.54, 1.807) is 0 Å². The molecule has 1 rings (SSSR count). The predicted octanol–water partition coefficient (Wildman–Crippen LogP) is 1.92. The molecule has 18 heavy (non-hydrogen) atoms. The number of ether oxygens (including phenoxy) is 1. The molecule has 4 nitrogen and oxygen atoms in total. The summed E-state index contributed by atoms with van der Waals surface area (Å²) >= 11 is 0. The van der Waals surface area contributed by atoms with E-state index < -0.39 is 10.0 Å². The van der Waals surface area contributed by atoms with Crippen molar-refractivity contribution in [2.45, 2.75) is 19.8 Å². The van der Waals surface area contributed by atoms with Gasteiger partial charge in [-0.2, -0.15) is 0 Å². The number of sulfonamides is 1. The summed E-state index contributed by atoms with van der Waals surface area (Å²) in [4.78, 5) is 0. The summed E-state index contributed by atoms with van der Waals surface area (Å²) in [6.07, 6.45) is 1.17. The molecule has 0 aliphatic rings. The lowest BCUT2D eigenvalue weighted by Gasteiger charge is -2.07. The van der Waals surface area contributed by atoms with Crippen molar-refractivity contribution in [2.75, 3.05) is 18.9 Å². The Morgan fingerprint density at radius 2 is 1.94 bits per heavy atom. The monoisotopic (exact) mass is 275 g/mol. The van der Waals surface area contributed by atoms with Crippen molar-refractivity contribution in [2.24, 2.45) is 0 Å². The van der Waals surface area contributed by atoms with Gasteiger partial charge < -0.3 is 4.74 Å². The molecule has 0 bridgehead atoms. The SMILES string of the molecule is CCCNS(=O)(=O)CCCOc1ccc(F)cc1. The maximum atomic E-state index is 12.6. The van der Waals surface area contributed by atoms with Crippen LogP contribution in [0.5, 0.6) is 5.75 Å². The number of rotatable bonds is 8. The lowest BCUT2D eigenvalue weighted by Crippen LogP contribution is -2.27. The fourth-order valence-corrected chi connectivity index (χ4v) is 2.46. The third kappa shape index (κ3) is 5.97. The predicted molar refractivity (Wildman–Crippen MR) is 68.6 cm³/mol. The van der Waals surface area contributed by atoms with Crippen LogP contribution in [0.4, 0.5) is 4.39 Å². The second-order valence-electron chi connectivity index (χ2n) is 3.87. The normalized spacial score (nSPS) is 11.4. The highest BCUT2D eigenvalue weighted by Crippen LogP contribution is 2.11. The lowest BCUT2D eigenvalue weighted by molar-refractivity contribution is 0.317. The molecule has 0 amide bonds. The molecule has 0 fully saturated rings. The average molecular weight is 275 g/mol. The Morgan fingerprint density at radius 3 is 2.56 bits per heavy atom. The molecule has 0 aliphatic heterocycles. The topological polar surface area (TPSA) is 55.4 Å². The summed E-state index contributed by atoms with van der Waals surface area (Å²) in [5.74, 6) is 0.248. The molecule has 0 radical (unpaired) electrons. The highest BCUT2D eigenvalue weighted by atomic mass is 32.2. The highest BCUT2D eigenvalue weighted by Gasteiger charge is 2.08. The van der Waals surface area contributed by atoms with Gasteiger partial charge in [0.2, 0.25) is 10.0 Å². The van der Waals surface area contributed by atoms with Gasteiger partial charge in [0.1, 0.15) is 11.6 Å². The van der Waals surface area contributed by atoms with Crippen LogP contribution in [0.15, 0.2) is 24.3 Å². The van der Waals surface area contributed by atoms with Gasteiger partial charge >= 0.3 is 0 Å². The number of benzene rings is 1. The van der Waals surface area contributed by atoms with E-state index in [9.17, 15) is 12.8 Å². The quantitative estimate of drug-likeness (QED) is 0.737. The second kappa shape index (κ2) is 7.33. The van der Waals surface area contributed by atoms with Crippen molar-refractivity contribution in [1.29, 1.82) is 0 Å². The van der Waals surface area contributed by atoms with Crippen LogP contribution in [-0.2, 0) is 10.0 Å². The van der Waals surface area contributed by atoms with Crippen LogP contribution in [0.2, 0.25) is 0 Å². The van der Waals surface area contributed by atoms with Gasteiger partial charge in [0, 0.05) is 6.54 Å². The molecule has 1 aromatic carbocycles. The van der Waals surface area contributed by atoms with E-state index in [2.05, 4.69) is 4.72 Å². The van der Waals surface area contributed by atoms with Crippen molar-refractivity contribution in [1.82, 2.24) is 4.72 Å². The maximum Gasteiger partial charge on any atom is 0.211 e. The fraction of sp³-hybridized carbons (Fsp3) is 0.500. The molecule has 1 N–H and O–H groups in total. The van der Waals surface area contributed by atoms with E-state index in [1.165, 1.54) is 24.3 Å². The molecule has 0 saturated heterocycles. The first kappa shape index (κ1) is 14.9. The van der Waals surface area contributed by atoms with E-state index in [1.807, 2.05) is 6.92 Å². The van der Waals surface area contributed by atoms with Gasteiger partial charge in [-0.3, -0.25) is 0 Å². The van der Waals surface area contributed by atoms with Crippen LogP contribution in [0.3, 0.4) is 0 Å². The van der Waals surface area contributed by atoms with Crippen molar-refractivity contribution in [3.63, 3.8) is 0 Å². The van der Waals surface area contributed by atoms with Gasteiger partial charge in [0.15, 0.2) is 0 Å². The van der Waals surface area contributed by atoms with E-state index in [0.717, 1.165) is 6.42 Å². The first-order valence-corrected chi connectivity index (χ1v) is 7.54. The Bertz CT molecular complexity index is 445. The lowest BCUT2D eigenvalue weighted by atomic mass is 10.3. The van der Waals surface area contributed by atoms with Crippen LogP contribution < -0.4 is 9.46 Å². The third-order valence-corrected chi connectivity index (χ3v) is 3.68. The zero-order valence-electron chi connectivity index (χ0n) is 10.4. The van der Waals surface area contributed by atoms with Gasteiger partial charge in [-0.15, -0.1) is 0 Å². The van der Waals surface area contributed by atoms with E-state index in [4.69, 9.17) is 4.74 Å². The van der Waals surface area contributed by atoms with Crippen LogP contribution in [0.1, 0.15) is 19.8 Å². The summed E-state index contributed by atoms with van der Waals surface area (Å²) < 4.78 is 43.2. The maximum absolute atomic E-state index is 12.6. The molecule has 0 heterocycles. The minimum absolute atomic E-state index is 0.0359. The average Bonchev–Trinajstić information content (AvgIpc) is 2.34. The second-order valence-corrected chi connectivity index (χ2v) is 5.80. The van der Waals surface area contributed by atoms with Gasteiger partial charge in [-0.05, 0) is 37.1 Å². The first-order valence-electron chi connectivity index (χ1n) is 5.89. The molecule has 102 valence electrons. The molecule has 1 aromatic rings. The number of hydrogen-bond acceptors (Lipinski definition) is 3. The van der Waals surface area contributed by atoms with Crippen LogP contribution in [0, 0.1) is 5.82 Å². The Labute approximate surface area is 107 Å². The molecule has 0 saturated carbocycles. The zero-order valence-corrected chi connectivity index (χ0v) is 11.2. The van der Waals surface area contributed by atoms with Crippen molar-refractivity contribution < 1.29 is 17.5 Å². The zero-order chi connectivity index (χ0) is 13.4. The first-order chi connectivity index (χ1) is 8.53. The molecule has 0 atom stereocenters. The van der Waals surface area contributed by atoms with Crippen LogP contribution in [0.25, 0.3) is 0 Å². The van der Waals surface area contributed by atoms with Crippen molar-refractivity contribution in [3.05, 3.63) is 30.1 Å². The summed E-state index contributed by atoms with van der Waals surface area (Å²) in [7, 11) is -3.19. The minimum Gasteiger partial charge on any atom is -0.494 e. The summed E-state index contributed by atoms with van der Waals surface area (Å²) in [5.41, 5.74) is 0. The van der Waals surface area contributed by atoms with E-state index in [-0.39, 0.29) is 11.6 Å². The van der Waals surface area contributed by atoms with Gasteiger partial charge in [-0.25, -0.2) is 17.5 Å². The molecule has 0 aromatic heterocycles. The largest absolute Gasteiger partial charge is 0.494 e. The van der Waals surface area contributed by atoms with Gasteiger partial charge in [-0.1, -0.05) is 6.92 Å². The van der Waals surface area contributed by atoms with Gasteiger partial charge in [0.05, 0.1) is 12.4 Å². The molecular formula is C12H18FNO3S. The molecule has 0 unspecified atom stereocenters. The molecular weight excluding hydrogens is 257 g/mol. The summed E-state index contributed by atoms with van der Waals surface area (Å²) in [5, 5.41) is 0. The van der Waals surface area contributed by atoms with Gasteiger partial charge in [0.25, 0.3) is 0 Å². The Morgan fingerprint density at radius 1 is 1.28 bits per heavy atom. The number of nitrogens with one attached hydrogen (secondary N) is 1. The van der Waals surface area contributed by atoms with Crippen LogP contribution >= 0.6 is 0 Å². The van der Waals surface area contributed by atoms with Crippen molar-refractivity contribution >= 4 is 10.0 Å². The summed E-state index contributed by atoms with van der Waals surface area (Å²) in [6, 6.07) is 5.63.